The van der Waals surface area contributed by atoms with Gasteiger partial charge in [0.25, 0.3) is 0 Å². The van der Waals surface area contributed by atoms with Crippen LogP contribution in [0.3, 0.4) is 0 Å². The van der Waals surface area contributed by atoms with E-state index in [1.54, 1.807) is 6.07 Å². The van der Waals surface area contributed by atoms with Crippen LogP contribution in [0.5, 0.6) is 5.75 Å². The van der Waals surface area contributed by atoms with Crippen molar-refractivity contribution in [3.8, 4) is 5.75 Å². The first-order chi connectivity index (χ1) is 8.93. The summed E-state index contributed by atoms with van der Waals surface area (Å²) in [6.45, 7) is 3.99. The van der Waals surface area contributed by atoms with Crippen LogP contribution in [0.1, 0.15) is 13.8 Å². The molecule has 0 spiro atoms. The topological polar surface area (TPSA) is 93.5 Å². The molecule has 7 heteroatoms. The molecule has 1 aromatic carbocycles. The summed E-state index contributed by atoms with van der Waals surface area (Å²) in [6.07, 6.45) is 0. The quantitative estimate of drug-likeness (QED) is 0.602. The van der Waals surface area contributed by atoms with Gasteiger partial charge in [0, 0.05) is 17.8 Å². The van der Waals surface area contributed by atoms with Gasteiger partial charge in [-0.1, -0.05) is 13.8 Å². The van der Waals surface area contributed by atoms with Gasteiger partial charge in [-0.15, -0.1) is 0 Å². The molecule has 0 saturated carbocycles. The van der Waals surface area contributed by atoms with Gasteiger partial charge in [-0.2, -0.15) is 0 Å². The number of carbonyl (C=O) groups is 1. The van der Waals surface area contributed by atoms with Crippen LogP contribution in [0.4, 0.5) is 11.4 Å². The first-order valence-electron chi connectivity index (χ1n) is 5.79. The lowest BCUT2D eigenvalue weighted by atomic mass is 10.2. The number of carbonyl (C=O) groups excluding carboxylic acids is 1. The highest BCUT2D eigenvalue weighted by Gasteiger charge is 2.16. The molecular formula is C12H17N3O4. The third-order valence-corrected chi connectivity index (χ3v) is 2.33. The lowest BCUT2D eigenvalue weighted by molar-refractivity contribution is -0.385. The van der Waals surface area contributed by atoms with Gasteiger partial charge in [-0.05, 0) is 12.1 Å². The molecule has 0 atom stereocenters. The molecule has 19 heavy (non-hydrogen) atoms. The largest absolute Gasteiger partial charge is 0.490 e. The van der Waals surface area contributed by atoms with Gasteiger partial charge in [-0.25, -0.2) is 0 Å². The Morgan fingerprint density at radius 3 is 2.68 bits per heavy atom. The molecule has 104 valence electrons. The van der Waals surface area contributed by atoms with E-state index in [0.717, 1.165) is 0 Å². The summed E-state index contributed by atoms with van der Waals surface area (Å²) in [4.78, 5) is 21.9. The molecule has 0 aliphatic heterocycles. The summed E-state index contributed by atoms with van der Waals surface area (Å²) in [5, 5.41) is 16.4. The highest BCUT2D eigenvalue weighted by molar-refractivity contribution is 5.92. The third-order valence-electron chi connectivity index (χ3n) is 2.33. The maximum atomic E-state index is 11.6. The van der Waals surface area contributed by atoms with E-state index in [2.05, 4.69) is 10.6 Å². The number of benzene rings is 1. The number of rotatable bonds is 6. The number of methoxy groups -OCH3 is 1. The predicted molar refractivity (Wildman–Crippen MR) is 71.4 cm³/mol. The zero-order valence-corrected chi connectivity index (χ0v) is 11.1. The summed E-state index contributed by atoms with van der Waals surface area (Å²) < 4.78 is 4.88. The minimum absolute atomic E-state index is 0.150. The van der Waals surface area contributed by atoms with E-state index >= 15 is 0 Å². The van der Waals surface area contributed by atoms with Crippen LogP contribution in [0, 0.1) is 10.1 Å². The summed E-state index contributed by atoms with van der Waals surface area (Å²) in [5.41, 5.74) is 0.181. The second kappa shape index (κ2) is 6.69. The first kappa shape index (κ1) is 14.9. The summed E-state index contributed by atoms with van der Waals surface area (Å²) in [5.74, 6) is -0.100. The van der Waals surface area contributed by atoms with Gasteiger partial charge in [0.05, 0.1) is 18.6 Å². The van der Waals surface area contributed by atoms with Crippen LogP contribution < -0.4 is 15.4 Å². The van der Waals surface area contributed by atoms with Crippen molar-refractivity contribution in [2.24, 2.45) is 0 Å². The second-order valence-electron chi connectivity index (χ2n) is 4.23. The Bertz CT molecular complexity index is 474. The highest BCUT2D eigenvalue weighted by Crippen LogP contribution is 2.29. The van der Waals surface area contributed by atoms with Crippen LogP contribution in [-0.2, 0) is 4.79 Å². The van der Waals surface area contributed by atoms with Crippen molar-refractivity contribution < 1.29 is 14.5 Å². The Morgan fingerprint density at radius 2 is 2.16 bits per heavy atom. The molecular weight excluding hydrogens is 250 g/mol. The summed E-state index contributed by atoms with van der Waals surface area (Å²) in [6, 6.07) is 4.46. The monoisotopic (exact) mass is 267 g/mol. The van der Waals surface area contributed by atoms with Crippen LogP contribution in [0.2, 0.25) is 0 Å². The zero-order chi connectivity index (χ0) is 14.4. The molecule has 0 aliphatic rings. The number of anilines is 1. The Morgan fingerprint density at radius 1 is 1.47 bits per heavy atom. The lowest BCUT2D eigenvalue weighted by Gasteiger charge is -2.09. The van der Waals surface area contributed by atoms with E-state index in [1.165, 1.54) is 19.2 Å². The van der Waals surface area contributed by atoms with Crippen molar-refractivity contribution >= 4 is 17.3 Å². The molecule has 7 nitrogen and oxygen atoms in total. The fraction of sp³-hybridized carbons (Fsp3) is 0.417. The third kappa shape index (κ3) is 4.55. The predicted octanol–water partition coefficient (Wildman–Crippen LogP) is 1.54. The number of nitrogens with one attached hydrogen (secondary N) is 2. The minimum Gasteiger partial charge on any atom is -0.490 e. The maximum absolute atomic E-state index is 11.6. The number of nitro groups is 1. The van der Waals surface area contributed by atoms with Gasteiger partial charge in [-0.3, -0.25) is 14.9 Å². The number of hydrogen-bond acceptors (Lipinski definition) is 5. The molecule has 0 bridgehead atoms. The molecule has 0 heterocycles. The first-order valence-corrected chi connectivity index (χ1v) is 5.79. The van der Waals surface area contributed by atoms with Gasteiger partial charge in [0.1, 0.15) is 0 Å². The number of nitro benzene ring substituents is 1. The SMILES string of the molecule is COc1ccc(NC(=O)CNC(C)C)cc1[N+](=O)[O-]. The molecule has 0 aromatic heterocycles. The molecule has 0 radical (unpaired) electrons. The molecule has 0 fully saturated rings. The Labute approximate surface area is 111 Å². The van der Waals surface area contributed by atoms with E-state index in [9.17, 15) is 14.9 Å². The maximum Gasteiger partial charge on any atom is 0.312 e. The van der Waals surface area contributed by atoms with Gasteiger partial charge in [0.2, 0.25) is 5.91 Å². The van der Waals surface area contributed by atoms with Crippen molar-refractivity contribution in [2.75, 3.05) is 19.0 Å². The fourth-order valence-corrected chi connectivity index (χ4v) is 1.41. The van der Waals surface area contributed by atoms with Crippen molar-refractivity contribution in [3.63, 3.8) is 0 Å². The van der Waals surface area contributed by atoms with Gasteiger partial charge < -0.3 is 15.4 Å². The summed E-state index contributed by atoms with van der Waals surface area (Å²) in [7, 11) is 1.35. The average molecular weight is 267 g/mol. The Balaban J connectivity index is 2.77. The molecule has 0 unspecified atom stereocenters. The molecule has 0 saturated heterocycles. The van der Waals surface area contributed by atoms with Gasteiger partial charge >= 0.3 is 5.69 Å². The summed E-state index contributed by atoms with van der Waals surface area (Å²) >= 11 is 0. The number of ether oxygens (including phenoxy) is 1. The van der Waals surface area contributed by atoms with Crippen molar-refractivity contribution in [3.05, 3.63) is 28.3 Å². The van der Waals surface area contributed by atoms with Gasteiger partial charge in [0.15, 0.2) is 5.75 Å². The van der Waals surface area contributed by atoms with E-state index < -0.39 is 4.92 Å². The van der Waals surface area contributed by atoms with E-state index in [0.29, 0.717) is 5.69 Å². The van der Waals surface area contributed by atoms with Crippen molar-refractivity contribution in [1.82, 2.24) is 5.32 Å². The van der Waals surface area contributed by atoms with Crippen LogP contribution in [0.25, 0.3) is 0 Å². The van der Waals surface area contributed by atoms with Crippen LogP contribution in [0.15, 0.2) is 18.2 Å². The highest BCUT2D eigenvalue weighted by atomic mass is 16.6. The van der Waals surface area contributed by atoms with Crippen LogP contribution in [-0.4, -0.2) is 30.5 Å². The lowest BCUT2D eigenvalue weighted by Crippen LogP contribution is -2.32. The number of nitrogens with zero attached hydrogens (tertiary/aromatic N) is 1. The fourth-order valence-electron chi connectivity index (χ4n) is 1.41. The Kier molecular flexibility index (Phi) is 5.25. The average Bonchev–Trinajstić information content (AvgIpc) is 2.36. The smallest absolute Gasteiger partial charge is 0.312 e. The van der Waals surface area contributed by atoms with Crippen LogP contribution >= 0.6 is 0 Å². The standard InChI is InChI=1S/C12H17N3O4/c1-8(2)13-7-12(16)14-9-4-5-11(19-3)10(6-9)15(17)18/h4-6,8,13H,7H2,1-3H3,(H,14,16). The van der Waals surface area contributed by atoms with Crippen molar-refractivity contribution in [1.29, 1.82) is 0 Å². The molecule has 1 amide bonds. The van der Waals surface area contributed by atoms with E-state index in [-0.39, 0.29) is 29.9 Å². The second-order valence-corrected chi connectivity index (χ2v) is 4.23. The van der Waals surface area contributed by atoms with E-state index in [4.69, 9.17) is 4.74 Å². The molecule has 1 rings (SSSR count). The molecule has 1 aromatic rings. The normalized spacial score (nSPS) is 10.3. The van der Waals surface area contributed by atoms with E-state index in [1.807, 2.05) is 13.8 Å². The number of amides is 1. The number of hydrogen-bond donors (Lipinski definition) is 2. The zero-order valence-electron chi connectivity index (χ0n) is 11.1. The molecule has 2 N–H and O–H groups in total. The minimum atomic E-state index is -0.555. The van der Waals surface area contributed by atoms with Crippen molar-refractivity contribution in [2.45, 2.75) is 19.9 Å². The Hall–Kier alpha value is -2.15. The molecule has 0 aliphatic carbocycles.